The first kappa shape index (κ1) is 14.9. The molecule has 0 bridgehead atoms. The van der Waals surface area contributed by atoms with Gasteiger partial charge in [0.25, 0.3) is 0 Å². The Balaban J connectivity index is 2.32. The maximum Gasteiger partial charge on any atom is 0.314 e. The van der Waals surface area contributed by atoms with Crippen molar-refractivity contribution >= 4 is 5.69 Å². The van der Waals surface area contributed by atoms with Gasteiger partial charge >= 0.3 is 5.69 Å². The van der Waals surface area contributed by atoms with Crippen molar-refractivity contribution in [3.05, 3.63) is 63.7 Å². The number of nitrogens with zero attached hydrogens (tertiary/aromatic N) is 1. The highest BCUT2D eigenvalue weighted by atomic mass is 19.1. The second-order valence-electron chi connectivity index (χ2n) is 4.27. The van der Waals surface area contributed by atoms with Crippen LogP contribution in [0.25, 0.3) is 0 Å². The Bertz CT molecular complexity index is 677. The Hall–Kier alpha value is -2.54. The van der Waals surface area contributed by atoms with Crippen LogP contribution in [0, 0.1) is 21.7 Å². The van der Waals surface area contributed by atoms with E-state index in [0.717, 1.165) is 18.2 Å². The lowest BCUT2D eigenvalue weighted by Crippen LogP contribution is -2.05. The molecule has 0 amide bonds. The molecule has 110 valence electrons. The molecule has 1 N–H and O–H groups in total. The SMILES string of the molecule is CNCc1ccc(Oc2ccc(F)cc2[N+](=O)[O-])c(F)c1. The largest absolute Gasteiger partial charge is 0.447 e. The highest BCUT2D eigenvalue weighted by molar-refractivity contribution is 5.48. The topological polar surface area (TPSA) is 64.4 Å². The molecule has 0 fully saturated rings. The van der Waals surface area contributed by atoms with Crippen LogP contribution in [0.3, 0.4) is 0 Å². The average Bonchev–Trinajstić information content (AvgIpc) is 2.43. The predicted octanol–water partition coefficient (Wildman–Crippen LogP) is 3.38. The minimum Gasteiger partial charge on any atom is -0.447 e. The van der Waals surface area contributed by atoms with E-state index in [1.807, 2.05) is 0 Å². The molecular weight excluding hydrogens is 282 g/mol. The summed E-state index contributed by atoms with van der Waals surface area (Å²) in [6.45, 7) is 0.480. The Morgan fingerprint density at radius 3 is 2.52 bits per heavy atom. The third-order valence-corrected chi connectivity index (χ3v) is 2.71. The summed E-state index contributed by atoms with van der Waals surface area (Å²) in [6, 6.07) is 7.09. The minimum atomic E-state index is -0.786. The van der Waals surface area contributed by atoms with E-state index >= 15 is 0 Å². The first-order valence-corrected chi connectivity index (χ1v) is 6.06. The summed E-state index contributed by atoms with van der Waals surface area (Å²) in [6.07, 6.45) is 0. The Morgan fingerprint density at radius 1 is 1.19 bits per heavy atom. The molecule has 0 aliphatic rings. The van der Waals surface area contributed by atoms with Gasteiger partial charge in [-0.05, 0) is 36.9 Å². The molecule has 0 aliphatic carbocycles. The fourth-order valence-corrected chi connectivity index (χ4v) is 1.78. The van der Waals surface area contributed by atoms with Gasteiger partial charge in [0.1, 0.15) is 5.82 Å². The van der Waals surface area contributed by atoms with Gasteiger partial charge in [0.15, 0.2) is 11.6 Å². The zero-order chi connectivity index (χ0) is 15.4. The summed E-state index contributed by atoms with van der Waals surface area (Å²) >= 11 is 0. The maximum atomic E-state index is 13.9. The second-order valence-corrected chi connectivity index (χ2v) is 4.27. The van der Waals surface area contributed by atoms with E-state index in [-0.39, 0.29) is 11.5 Å². The standard InChI is InChI=1S/C14H12F2N2O3/c1-17-8-9-2-4-13(11(16)6-9)21-14-5-3-10(15)7-12(14)18(19)20/h2-7,17H,8H2,1H3. The summed E-state index contributed by atoms with van der Waals surface area (Å²) in [5.74, 6) is -1.80. The molecule has 0 saturated heterocycles. The fraction of sp³-hybridized carbons (Fsp3) is 0.143. The summed E-state index contributed by atoms with van der Waals surface area (Å²) in [4.78, 5) is 10.1. The van der Waals surface area contributed by atoms with Gasteiger partial charge in [-0.15, -0.1) is 0 Å². The van der Waals surface area contributed by atoms with Crippen LogP contribution in [0.2, 0.25) is 0 Å². The Kier molecular flexibility index (Phi) is 4.44. The van der Waals surface area contributed by atoms with Crippen LogP contribution in [0.1, 0.15) is 5.56 Å². The fourth-order valence-electron chi connectivity index (χ4n) is 1.78. The third-order valence-electron chi connectivity index (χ3n) is 2.71. The molecule has 0 spiro atoms. The van der Waals surface area contributed by atoms with E-state index < -0.39 is 22.2 Å². The van der Waals surface area contributed by atoms with Crippen molar-refractivity contribution in [1.82, 2.24) is 5.32 Å². The molecule has 21 heavy (non-hydrogen) atoms. The molecule has 0 atom stereocenters. The van der Waals surface area contributed by atoms with E-state index in [1.165, 1.54) is 12.1 Å². The number of halogens is 2. The number of nitro benzene ring substituents is 1. The van der Waals surface area contributed by atoms with Gasteiger partial charge in [-0.2, -0.15) is 0 Å². The number of nitrogens with one attached hydrogen (secondary N) is 1. The summed E-state index contributed by atoms with van der Waals surface area (Å²) in [5.41, 5.74) is 0.143. The van der Waals surface area contributed by atoms with Crippen molar-refractivity contribution in [2.45, 2.75) is 6.54 Å². The van der Waals surface area contributed by atoms with Gasteiger partial charge in [0.05, 0.1) is 11.0 Å². The van der Waals surface area contributed by atoms with Crippen molar-refractivity contribution in [2.75, 3.05) is 7.05 Å². The number of hydrogen-bond donors (Lipinski definition) is 1. The molecule has 0 radical (unpaired) electrons. The van der Waals surface area contributed by atoms with E-state index in [1.54, 1.807) is 13.1 Å². The van der Waals surface area contributed by atoms with Crippen molar-refractivity contribution in [1.29, 1.82) is 0 Å². The van der Waals surface area contributed by atoms with Crippen molar-refractivity contribution in [3.63, 3.8) is 0 Å². The molecule has 7 heteroatoms. The molecule has 0 heterocycles. The zero-order valence-corrected chi connectivity index (χ0v) is 11.1. The van der Waals surface area contributed by atoms with Crippen LogP contribution >= 0.6 is 0 Å². The van der Waals surface area contributed by atoms with Gasteiger partial charge in [-0.1, -0.05) is 6.07 Å². The van der Waals surface area contributed by atoms with Gasteiger partial charge in [-0.3, -0.25) is 10.1 Å². The number of hydrogen-bond acceptors (Lipinski definition) is 4. The summed E-state index contributed by atoms with van der Waals surface area (Å²) in [7, 11) is 1.73. The lowest BCUT2D eigenvalue weighted by molar-refractivity contribution is -0.385. The monoisotopic (exact) mass is 294 g/mol. The van der Waals surface area contributed by atoms with Gasteiger partial charge in [-0.25, -0.2) is 8.78 Å². The quantitative estimate of drug-likeness (QED) is 0.678. The Labute approximate surface area is 119 Å². The van der Waals surface area contributed by atoms with Crippen LogP contribution in [0.5, 0.6) is 11.5 Å². The van der Waals surface area contributed by atoms with Crippen molar-refractivity contribution in [3.8, 4) is 11.5 Å². The summed E-state index contributed by atoms with van der Waals surface area (Å²) < 4.78 is 32.1. The lowest BCUT2D eigenvalue weighted by Gasteiger charge is -2.08. The van der Waals surface area contributed by atoms with Crippen molar-refractivity contribution in [2.24, 2.45) is 0 Å². The molecule has 2 aromatic carbocycles. The average molecular weight is 294 g/mol. The minimum absolute atomic E-state index is 0.162. The predicted molar refractivity (Wildman–Crippen MR) is 72.3 cm³/mol. The first-order chi connectivity index (χ1) is 10.0. The van der Waals surface area contributed by atoms with Crippen LogP contribution < -0.4 is 10.1 Å². The van der Waals surface area contributed by atoms with E-state index in [4.69, 9.17) is 4.74 Å². The molecule has 0 saturated carbocycles. The molecule has 2 aromatic rings. The lowest BCUT2D eigenvalue weighted by atomic mass is 10.2. The van der Waals surface area contributed by atoms with Crippen LogP contribution in [-0.2, 0) is 6.54 Å². The second kappa shape index (κ2) is 6.27. The number of benzene rings is 2. The highest BCUT2D eigenvalue weighted by Gasteiger charge is 2.18. The van der Waals surface area contributed by atoms with Crippen LogP contribution in [0.4, 0.5) is 14.5 Å². The molecule has 5 nitrogen and oxygen atoms in total. The number of rotatable bonds is 5. The van der Waals surface area contributed by atoms with Crippen molar-refractivity contribution < 1.29 is 18.4 Å². The zero-order valence-electron chi connectivity index (χ0n) is 11.1. The van der Waals surface area contributed by atoms with Gasteiger partial charge in [0, 0.05) is 6.54 Å². The number of nitro groups is 1. The third kappa shape index (κ3) is 3.51. The number of ether oxygens (including phenoxy) is 1. The smallest absolute Gasteiger partial charge is 0.314 e. The Morgan fingerprint density at radius 2 is 1.90 bits per heavy atom. The molecule has 2 rings (SSSR count). The highest BCUT2D eigenvalue weighted by Crippen LogP contribution is 2.33. The van der Waals surface area contributed by atoms with E-state index in [9.17, 15) is 18.9 Å². The van der Waals surface area contributed by atoms with E-state index in [2.05, 4.69) is 5.32 Å². The molecular formula is C14H12F2N2O3. The molecule has 0 unspecified atom stereocenters. The summed E-state index contributed by atoms with van der Waals surface area (Å²) in [5, 5.41) is 13.7. The van der Waals surface area contributed by atoms with Crippen LogP contribution in [0.15, 0.2) is 36.4 Å². The normalized spacial score (nSPS) is 10.4. The first-order valence-electron chi connectivity index (χ1n) is 6.06. The van der Waals surface area contributed by atoms with E-state index in [0.29, 0.717) is 12.1 Å². The maximum absolute atomic E-state index is 13.9. The molecule has 0 aromatic heterocycles. The van der Waals surface area contributed by atoms with Gasteiger partial charge in [0.2, 0.25) is 5.75 Å². The molecule has 0 aliphatic heterocycles. The van der Waals surface area contributed by atoms with Crippen LogP contribution in [-0.4, -0.2) is 12.0 Å². The van der Waals surface area contributed by atoms with Gasteiger partial charge < -0.3 is 10.1 Å².